The highest BCUT2D eigenvalue weighted by Gasteiger charge is 2.30. The predicted molar refractivity (Wildman–Crippen MR) is 134 cm³/mol. The Labute approximate surface area is 217 Å². The lowest BCUT2D eigenvalue weighted by molar-refractivity contribution is -0.137. The molecule has 2 heterocycles. The summed E-state index contributed by atoms with van der Waals surface area (Å²) in [6, 6.07) is 8.21. The van der Waals surface area contributed by atoms with Crippen molar-refractivity contribution in [3.05, 3.63) is 75.0 Å². The lowest BCUT2D eigenvalue weighted by Crippen LogP contribution is -2.25. The number of hydrogen-bond acceptors (Lipinski definition) is 8. The summed E-state index contributed by atoms with van der Waals surface area (Å²) >= 11 is 0.979. The van der Waals surface area contributed by atoms with Crippen LogP contribution in [-0.4, -0.2) is 42.5 Å². The Bertz CT molecular complexity index is 1580. The fourth-order valence-corrected chi connectivity index (χ4v) is 4.54. The molecule has 2 aromatic carbocycles. The van der Waals surface area contributed by atoms with E-state index in [4.69, 9.17) is 14.2 Å². The quantitative estimate of drug-likeness (QED) is 0.328. The van der Waals surface area contributed by atoms with Crippen LogP contribution in [0, 0.1) is 0 Å². The normalized spacial score (nSPS) is 11.3. The number of methoxy groups -OCH3 is 2. The molecule has 13 heteroatoms. The van der Waals surface area contributed by atoms with Gasteiger partial charge in [-0.25, -0.2) is 4.79 Å². The van der Waals surface area contributed by atoms with Crippen LogP contribution in [0.4, 0.5) is 18.2 Å². The number of ether oxygens (including phenoxy) is 3. The van der Waals surface area contributed by atoms with Crippen LogP contribution in [-0.2, 0) is 10.9 Å². The van der Waals surface area contributed by atoms with Crippen molar-refractivity contribution in [2.45, 2.75) is 13.1 Å². The molecule has 0 fully saturated rings. The number of esters is 1. The van der Waals surface area contributed by atoms with E-state index in [2.05, 4.69) is 10.4 Å². The highest BCUT2D eigenvalue weighted by molar-refractivity contribution is 7.16. The fourth-order valence-electron chi connectivity index (χ4n) is 3.61. The van der Waals surface area contributed by atoms with E-state index in [-0.39, 0.29) is 39.3 Å². The van der Waals surface area contributed by atoms with Crippen LogP contribution < -0.4 is 20.3 Å². The first kappa shape index (κ1) is 26.7. The molecule has 0 radical (unpaired) electrons. The number of fused-ring (bicyclic) bond motifs is 1. The molecule has 198 valence electrons. The molecule has 0 aliphatic rings. The van der Waals surface area contributed by atoms with Gasteiger partial charge < -0.3 is 19.5 Å². The molecule has 0 aliphatic carbocycles. The molecule has 1 amide bonds. The summed E-state index contributed by atoms with van der Waals surface area (Å²) in [5, 5.41) is 8.40. The lowest BCUT2D eigenvalue weighted by atomic mass is 10.1. The highest BCUT2D eigenvalue weighted by Crippen LogP contribution is 2.33. The summed E-state index contributed by atoms with van der Waals surface area (Å²) in [5.41, 5.74) is -1.72. The van der Waals surface area contributed by atoms with E-state index in [1.807, 2.05) is 0 Å². The van der Waals surface area contributed by atoms with E-state index in [0.29, 0.717) is 11.5 Å². The minimum atomic E-state index is -4.58. The molecule has 0 saturated heterocycles. The number of carbonyl (C=O) groups excluding carboxylic acids is 2. The van der Waals surface area contributed by atoms with Crippen molar-refractivity contribution in [3.8, 4) is 17.2 Å². The monoisotopic (exact) mass is 547 g/mol. The number of thiophene rings is 1. The number of carbonyl (C=O) groups is 2. The van der Waals surface area contributed by atoms with Gasteiger partial charge in [0.15, 0.2) is 17.2 Å². The topological polar surface area (TPSA) is 109 Å². The molecule has 9 nitrogen and oxygen atoms in total. The number of amides is 1. The summed E-state index contributed by atoms with van der Waals surface area (Å²) < 4.78 is 55.3. The molecule has 0 bridgehead atoms. The van der Waals surface area contributed by atoms with Crippen molar-refractivity contribution >= 4 is 39.0 Å². The number of anilines is 1. The smallest absolute Gasteiger partial charge is 0.416 e. The first-order valence-electron chi connectivity index (χ1n) is 11.0. The third-order valence-electron chi connectivity index (χ3n) is 5.43. The summed E-state index contributed by atoms with van der Waals surface area (Å²) in [4.78, 5) is 39.2. The molecule has 1 N–H and O–H groups in total. The van der Waals surface area contributed by atoms with Crippen molar-refractivity contribution in [2.24, 2.45) is 0 Å². The average molecular weight is 548 g/mol. The highest BCUT2D eigenvalue weighted by atomic mass is 32.1. The first-order chi connectivity index (χ1) is 18.1. The Morgan fingerprint density at radius 3 is 2.34 bits per heavy atom. The Hall–Kier alpha value is -4.39. The molecule has 4 rings (SSSR count). The maximum absolute atomic E-state index is 13.5. The van der Waals surface area contributed by atoms with Crippen LogP contribution in [0.3, 0.4) is 0 Å². The van der Waals surface area contributed by atoms with Crippen LogP contribution in [0.2, 0.25) is 0 Å². The van der Waals surface area contributed by atoms with E-state index in [1.54, 1.807) is 13.0 Å². The van der Waals surface area contributed by atoms with Crippen molar-refractivity contribution in [1.82, 2.24) is 9.78 Å². The summed E-state index contributed by atoms with van der Waals surface area (Å²) in [5.74, 6) is -0.691. The molecule has 4 aromatic rings. The van der Waals surface area contributed by atoms with Crippen molar-refractivity contribution in [1.29, 1.82) is 0 Å². The molecule has 0 aliphatic heterocycles. The maximum Gasteiger partial charge on any atom is 0.416 e. The average Bonchev–Trinajstić information content (AvgIpc) is 3.32. The van der Waals surface area contributed by atoms with E-state index in [9.17, 15) is 27.6 Å². The number of nitrogens with zero attached hydrogens (tertiary/aromatic N) is 2. The molecular weight excluding hydrogens is 527 g/mol. The zero-order valence-electron chi connectivity index (χ0n) is 20.2. The standard InChI is InChI=1S/C25H20F3N3O6S/c1-4-37-24(34)20-16-12-38-22(29-21(32)13-5-10-17(35-2)18(11-13)36-3)19(16)23(33)31(30-20)15-8-6-14(7-9-15)25(26,27)28/h5-12H,4H2,1-3H3,(H,29,32). The van der Waals surface area contributed by atoms with Crippen molar-refractivity contribution in [2.75, 3.05) is 26.1 Å². The zero-order chi connectivity index (χ0) is 27.6. The summed E-state index contributed by atoms with van der Waals surface area (Å²) in [6.45, 7) is 1.61. The third kappa shape index (κ3) is 5.05. The second-order valence-electron chi connectivity index (χ2n) is 7.71. The fraction of sp³-hybridized carbons (Fsp3) is 0.200. The van der Waals surface area contributed by atoms with Crippen molar-refractivity contribution < 1.29 is 37.0 Å². The second-order valence-corrected chi connectivity index (χ2v) is 8.59. The number of alkyl halides is 3. The SMILES string of the molecule is CCOC(=O)c1nn(-c2ccc(C(F)(F)F)cc2)c(=O)c2c(NC(=O)c3ccc(OC)c(OC)c3)scc12. The van der Waals surface area contributed by atoms with Gasteiger partial charge >= 0.3 is 12.1 Å². The third-order valence-corrected chi connectivity index (χ3v) is 6.33. The molecule has 2 aromatic heterocycles. The van der Waals surface area contributed by atoms with E-state index in [1.165, 1.54) is 31.7 Å². The van der Waals surface area contributed by atoms with Crippen molar-refractivity contribution in [3.63, 3.8) is 0 Å². The van der Waals surface area contributed by atoms with Gasteiger partial charge in [0.2, 0.25) is 0 Å². The number of rotatable bonds is 7. The van der Waals surface area contributed by atoms with Gasteiger partial charge in [-0.1, -0.05) is 0 Å². The van der Waals surface area contributed by atoms with Gasteiger partial charge in [-0.3, -0.25) is 9.59 Å². The van der Waals surface area contributed by atoms with E-state index in [0.717, 1.165) is 40.3 Å². The van der Waals surface area contributed by atoms with Gasteiger partial charge in [-0.2, -0.15) is 23.0 Å². The number of halogens is 3. The van der Waals surface area contributed by atoms with Crippen LogP contribution in [0.25, 0.3) is 16.5 Å². The van der Waals surface area contributed by atoms with Gasteiger partial charge in [0.25, 0.3) is 11.5 Å². The van der Waals surface area contributed by atoms with E-state index >= 15 is 0 Å². The van der Waals surface area contributed by atoms with Gasteiger partial charge in [0.1, 0.15) is 5.00 Å². The summed E-state index contributed by atoms with van der Waals surface area (Å²) in [7, 11) is 2.87. The van der Waals surface area contributed by atoms with Crippen LogP contribution in [0.15, 0.2) is 52.6 Å². The van der Waals surface area contributed by atoms with Gasteiger partial charge in [-0.15, -0.1) is 11.3 Å². The second kappa shape index (κ2) is 10.5. The molecule has 0 saturated carbocycles. The Morgan fingerprint density at radius 1 is 1.05 bits per heavy atom. The predicted octanol–water partition coefficient (Wildman–Crippen LogP) is 4.91. The summed E-state index contributed by atoms with van der Waals surface area (Å²) in [6.07, 6.45) is -4.58. The molecule has 0 spiro atoms. The Balaban J connectivity index is 1.83. The molecule has 38 heavy (non-hydrogen) atoms. The first-order valence-corrected chi connectivity index (χ1v) is 11.9. The van der Waals surface area contributed by atoms with Gasteiger partial charge in [-0.05, 0) is 49.4 Å². The zero-order valence-corrected chi connectivity index (χ0v) is 21.0. The number of nitrogens with one attached hydrogen (secondary N) is 1. The van der Waals surface area contributed by atoms with E-state index < -0.39 is 29.2 Å². The number of benzene rings is 2. The number of hydrogen-bond donors (Lipinski definition) is 1. The van der Waals surface area contributed by atoms with Crippen LogP contribution in [0.1, 0.15) is 33.3 Å². The lowest BCUT2D eigenvalue weighted by Gasteiger charge is -2.12. The van der Waals surface area contributed by atoms with Gasteiger partial charge in [0, 0.05) is 16.3 Å². The Kier molecular flexibility index (Phi) is 7.39. The number of aromatic nitrogens is 2. The van der Waals surface area contributed by atoms with Crippen LogP contribution >= 0.6 is 11.3 Å². The molecule has 0 unspecified atom stereocenters. The minimum Gasteiger partial charge on any atom is -0.493 e. The largest absolute Gasteiger partial charge is 0.493 e. The molecular formula is C25H20F3N3O6S. The van der Waals surface area contributed by atoms with Crippen LogP contribution in [0.5, 0.6) is 11.5 Å². The Morgan fingerprint density at radius 2 is 1.74 bits per heavy atom. The van der Waals surface area contributed by atoms with Gasteiger partial charge in [0.05, 0.1) is 37.5 Å². The molecule has 0 atom stereocenters. The minimum absolute atomic E-state index is 0.0150. The maximum atomic E-state index is 13.5.